The molecule has 1 aliphatic carbocycles. The van der Waals surface area contributed by atoms with Crippen molar-refractivity contribution in [1.29, 1.82) is 0 Å². The third-order valence-electron chi connectivity index (χ3n) is 2.98. The molecule has 2 rings (SSSR count). The van der Waals surface area contributed by atoms with E-state index in [0.717, 1.165) is 6.42 Å². The molecule has 0 bridgehead atoms. The summed E-state index contributed by atoms with van der Waals surface area (Å²) in [6.45, 7) is 1.64. The molecule has 1 saturated carbocycles. The van der Waals surface area contributed by atoms with Crippen molar-refractivity contribution in [2.45, 2.75) is 13.3 Å². The van der Waals surface area contributed by atoms with Crippen LogP contribution in [0.3, 0.4) is 0 Å². The Hall–Kier alpha value is -1.26. The van der Waals surface area contributed by atoms with Gasteiger partial charge in [0.05, 0.1) is 21.7 Å². The number of nitrogens with one attached hydrogen (secondary N) is 1. The first-order chi connectivity index (χ1) is 8.99. The topological polar surface area (TPSA) is 55.4 Å². The third kappa shape index (κ3) is 3.61. The minimum absolute atomic E-state index is 0.0586. The van der Waals surface area contributed by atoms with Crippen molar-refractivity contribution < 1.29 is 14.3 Å². The molecule has 1 aromatic rings. The predicted molar refractivity (Wildman–Crippen MR) is 73.3 cm³/mol. The molecule has 1 fully saturated rings. The monoisotopic (exact) mass is 301 g/mol. The second-order valence-electron chi connectivity index (χ2n) is 4.57. The lowest BCUT2D eigenvalue weighted by atomic mass is 10.3. The molecule has 0 heterocycles. The highest BCUT2D eigenvalue weighted by Gasteiger charge is 2.40. The van der Waals surface area contributed by atoms with E-state index in [9.17, 15) is 9.59 Å². The number of benzene rings is 1. The molecule has 2 atom stereocenters. The lowest BCUT2D eigenvalue weighted by Gasteiger charge is -2.09. The maximum absolute atomic E-state index is 11.6. The van der Waals surface area contributed by atoms with E-state index in [0.29, 0.717) is 21.7 Å². The van der Waals surface area contributed by atoms with Gasteiger partial charge in [-0.1, -0.05) is 36.2 Å². The lowest BCUT2D eigenvalue weighted by Crippen LogP contribution is -2.22. The van der Waals surface area contributed by atoms with Crippen LogP contribution < -0.4 is 5.32 Å². The zero-order valence-electron chi connectivity index (χ0n) is 10.3. The van der Waals surface area contributed by atoms with Crippen molar-refractivity contribution in [3.8, 4) is 0 Å². The Balaban J connectivity index is 1.86. The molecule has 0 saturated heterocycles. The van der Waals surface area contributed by atoms with Gasteiger partial charge in [0, 0.05) is 0 Å². The molecule has 1 amide bonds. The van der Waals surface area contributed by atoms with E-state index in [-0.39, 0.29) is 18.5 Å². The van der Waals surface area contributed by atoms with Crippen LogP contribution in [0.25, 0.3) is 0 Å². The van der Waals surface area contributed by atoms with Crippen LogP contribution in [-0.4, -0.2) is 18.5 Å². The number of anilines is 1. The molecule has 1 aromatic carbocycles. The summed E-state index contributed by atoms with van der Waals surface area (Å²) in [7, 11) is 0. The number of amides is 1. The summed E-state index contributed by atoms with van der Waals surface area (Å²) < 4.78 is 4.91. The zero-order chi connectivity index (χ0) is 14.0. The van der Waals surface area contributed by atoms with Gasteiger partial charge in [0.2, 0.25) is 0 Å². The SMILES string of the molecule is C[C@H]1C[C@@H]1C(=O)OCC(=O)Nc1c(Cl)cccc1Cl. The van der Waals surface area contributed by atoms with Crippen LogP contribution in [0.15, 0.2) is 18.2 Å². The van der Waals surface area contributed by atoms with Gasteiger partial charge in [0.15, 0.2) is 6.61 Å². The summed E-state index contributed by atoms with van der Waals surface area (Å²) in [5.74, 6) is -0.491. The summed E-state index contributed by atoms with van der Waals surface area (Å²) in [5.41, 5.74) is 0.326. The lowest BCUT2D eigenvalue weighted by molar-refractivity contribution is -0.148. The Morgan fingerprint density at radius 1 is 1.37 bits per heavy atom. The second-order valence-corrected chi connectivity index (χ2v) is 5.39. The van der Waals surface area contributed by atoms with Crippen LogP contribution in [0.1, 0.15) is 13.3 Å². The number of rotatable bonds is 4. The van der Waals surface area contributed by atoms with E-state index in [1.807, 2.05) is 6.92 Å². The number of esters is 1. The average molecular weight is 302 g/mol. The Morgan fingerprint density at radius 2 is 1.95 bits per heavy atom. The molecule has 19 heavy (non-hydrogen) atoms. The number of halogens is 2. The van der Waals surface area contributed by atoms with Gasteiger partial charge in [-0.2, -0.15) is 0 Å². The van der Waals surface area contributed by atoms with E-state index in [2.05, 4.69) is 5.32 Å². The van der Waals surface area contributed by atoms with E-state index in [4.69, 9.17) is 27.9 Å². The third-order valence-corrected chi connectivity index (χ3v) is 3.61. The molecule has 0 aromatic heterocycles. The predicted octanol–water partition coefficient (Wildman–Crippen LogP) is 3.13. The largest absolute Gasteiger partial charge is 0.455 e. The standard InChI is InChI=1S/C13H13Cl2NO3/c1-7-5-8(7)13(18)19-6-11(17)16-12-9(14)3-2-4-10(12)15/h2-4,7-8H,5-6H2,1H3,(H,16,17)/t7-,8-/m0/s1. The van der Waals surface area contributed by atoms with Crippen molar-refractivity contribution in [3.63, 3.8) is 0 Å². The Labute approximate surface area is 121 Å². The molecule has 6 heteroatoms. The molecular weight excluding hydrogens is 289 g/mol. The Morgan fingerprint density at radius 3 is 2.47 bits per heavy atom. The normalized spacial score (nSPS) is 20.8. The first-order valence-corrected chi connectivity index (χ1v) is 6.65. The fourth-order valence-electron chi connectivity index (χ4n) is 1.69. The van der Waals surface area contributed by atoms with E-state index < -0.39 is 5.91 Å². The number of ether oxygens (including phenoxy) is 1. The van der Waals surface area contributed by atoms with Crippen molar-refractivity contribution in [2.24, 2.45) is 11.8 Å². The highest BCUT2D eigenvalue weighted by atomic mass is 35.5. The van der Waals surface area contributed by atoms with Crippen LogP contribution in [-0.2, 0) is 14.3 Å². The van der Waals surface area contributed by atoms with Crippen LogP contribution in [0, 0.1) is 11.8 Å². The van der Waals surface area contributed by atoms with Gasteiger partial charge in [0.25, 0.3) is 5.91 Å². The van der Waals surface area contributed by atoms with Crippen LogP contribution in [0.2, 0.25) is 10.0 Å². The summed E-state index contributed by atoms with van der Waals surface area (Å²) in [6, 6.07) is 4.90. The minimum Gasteiger partial charge on any atom is -0.455 e. The molecule has 0 spiro atoms. The number of carbonyl (C=O) groups excluding carboxylic acids is 2. The molecule has 0 radical (unpaired) electrons. The summed E-state index contributed by atoms with van der Waals surface area (Å²) in [4.78, 5) is 23.1. The quantitative estimate of drug-likeness (QED) is 0.869. The van der Waals surface area contributed by atoms with Gasteiger partial charge in [-0.05, 0) is 24.5 Å². The van der Waals surface area contributed by atoms with Gasteiger partial charge in [-0.3, -0.25) is 9.59 Å². The maximum atomic E-state index is 11.6. The fourth-order valence-corrected chi connectivity index (χ4v) is 2.18. The van der Waals surface area contributed by atoms with Crippen molar-refractivity contribution >= 4 is 40.8 Å². The summed E-state index contributed by atoms with van der Waals surface area (Å²) in [6.07, 6.45) is 0.830. The molecule has 0 aliphatic heterocycles. The highest BCUT2D eigenvalue weighted by Crippen LogP contribution is 2.38. The van der Waals surface area contributed by atoms with Crippen LogP contribution in [0.5, 0.6) is 0 Å². The molecular formula is C13H13Cl2NO3. The number of hydrogen-bond acceptors (Lipinski definition) is 3. The Bertz CT molecular complexity index is 498. The van der Waals surface area contributed by atoms with Gasteiger partial charge in [-0.15, -0.1) is 0 Å². The van der Waals surface area contributed by atoms with E-state index in [1.54, 1.807) is 18.2 Å². The number of hydrogen-bond donors (Lipinski definition) is 1. The maximum Gasteiger partial charge on any atom is 0.309 e. The van der Waals surface area contributed by atoms with E-state index in [1.165, 1.54) is 0 Å². The van der Waals surface area contributed by atoms with Crippen LogP contribution >= 0.6 is 23.2 Å². The van der Waals surface area contributed by atoms with E-state index >= 15 is 0 Å². The molecule has 1 N–H and O–H groups in total. The van der Waals surface area contributed by atoms with Crippen molar-refractivity contribution in [3.05, 3.63) is 28.2 Å². The fraction of sp³-hybridized carbons (Fsp3) is 0.385. The molecule has 4 nitrogen and oxygen atoms in total. The average Bonchev–Trinajstić information content (AvgIpc) is 3.08. The smallest absolute Gasteiger partial charge is 0.309 e. The molecule has 102 valence electrons. The van der Waals surface area contributed by atoms with Crippen molar-refractivity contribution in [2.75, 3.05) is 11.9 Å². The van der Waals surface area contributed by atoms with Crippen LogP contribution in [0.4, 0.5) is 5.69 Å². The first kappa shape index (κ1) is 14.2. The summed E-state index contributed by atoms with van der Waals surface area (Å²) in [5, 5.41) is 3.20. The minimum atomic E-state index is -0.461. The van der Waals surface area contributed by atoms with Crippen molar-refractivity contribution in [1.82, 2.24) is 0 Å². The number of carbonyl (C=O) groups is 2. The molecule has 0 unspecified atom stereocenters. The van der Waals surface area contributed by atoms with Gasteiger partial charge < -0.3 is 10.1 Å². The first-order valence-electron chi connectivity index (χ1n) is 5.89. The zero-order valence-corrected chi connectivity index (χ0v) is 11.8. The summed E-state index contributed by atoms with van der Waals surface area (Å²) >= 11 is 11.8. The number of para-hydroxylation sites is 1. The van der Waals surface area contributed by atoms with Gasteiger partial charge in [0.1, 0.15) is 0 Å². The highest BCUT2D eigenvalue weighted by molar-refractivity contribution is 6.39. The second kappa shape index (κ2) is 5.80. The van der Waals surface area contributed by atoms with Gasteiger partial charge >= 0.3 is 5.97 Å². The van der Waals surface area contributed by atoms with Gasteiger partial charge in [-0.25, -0.2) is 0 Å². The molecule has 1 aliphatic rings. The Kier molecular flexibility index (Phi) is 4.32.